The van der Waals surface area contributed by atoms with Gasteiger partial charge < -0.3 is 4.74 Å². The minimum Gasteiger partial charge on any atom is -0.497 e. The highest BCUT2D eigenvalue weighted by molar-refractivity contribution is 6.21. The van der Waals surface area contributed by atoms with Crippen LogP contribution in [0.25, 0.3) is 0 Å². The summed E-state index contributed by atoms with van der Waals surface area (Å²) in [5, 5.41) is 0.00301. The molecule has 2 aromatic rings. The van der Waals surface area contributed by atoms with E-state index in [-0.39, 0.29) is 5.38 Å². The van der Waals surface area contributed by atoms with Crippen LogP contribution >= 0.6 is 11.6 Å². The van der Waals surface area contributed by atoms with Gasteiger partial charge in [0.1, 0.15) is 5.75 Å². The van der Waals surface area contributed by atoms with Crippen molar-refractivity contribution >= 4 is 11.6 Å². The molecule has 0 spiro atoms. The molecule has 2 rings (SSSR count). The molecule has 1 nitrogen and oxygen atoms in total. The van der Waals surface area contributed by atoms with Gasteiger partial charge in [0.05, 0.1) is 12.5 Å². The lowest BCUT2D eigenvalue weighted by Gasteiger charge is -2.14. The van der Waals surface area contributed by atoms with E-state index in [0.29, 0.717) is 0 Å². The van der Waals surface area contributed by atoms with Crippen molar-refractivity contribution in [3.8, 4) is 5.75 Å². The Balaban J connectivity index is 2.18. The van der Waals surface area contributed by atoms with Crippen molar-refractivity contribution in [1.82, 2.24) is 0 Å². The van der Waals surface area contributed by atoms with E-state index in [1.165, 1.54) is 16.7 Å². The van der Waals surface area contributed by atoms with Gasteiger partial charge in [-0.2, -0.15) is 0 Å². The Labute approximate surface area is 120 Å². The van der Waals surface area contributed by atoms with Gasteiger partial charge in [0.15, 0.2) is 0 Å². The zero-order chi connectivity index (χ0) is 13.7. The first-order valence-electron chi connectivity index (χ1n) is 6.59. The van der Waals surface area contributed by atoms with E-state index in [1.807, 2.05) is 18.2 Å². The molecular weight excluding hydrogens is 256 g/mol. The van der Waals surface area contributed by atoms with Crippen molar-refractivity contribution < 1.29 is 4.74 Å². The molecule has 1 unspecified atom stereocenters. The van der Waals surface area contributed by atoms with Gasteiger partial charge >= 0.3 is 0 Å². The summed E-state index contributed by atoms with van der Waals surface area (Å²) in [5.74, 6) is 0.880. The molecule has 0 saturated heterocycles. The number of methoxy groups -OCH3 is 1. The minimum absolute atomic E-state index is 0.00301. The predicted octanol–water partition coefficient (Wildman–Crippen LogP) is 4.78. The van der Waals surface area contributed by atoms with Crippen LogP contribution in [0.5, 0.6) is 5.75 Å². The average molecular weight is 275 g/mol. The topological polar surface area (TPSA) is 9.23 Å². The Kier molecular flexibility index (Phi) is 4.86. The molecule has 0 amide bonds. The highest BCUT2D eigenvalue weighted by Crippen LogP contribution is 2.29. The fraction of sp³-hybridized carbons (Fsp3) is 0.294. The van der Waals surface area contributed by atoms with Gasteiger partial charge in [-0.05, 0) is 41.7 Å². The molecule has 1 atom stereocenters. The van der Waals surface area contributed by atoms with E-state index in [1.54, 1.807) is 7.11 Å². The van der Waals surface area contributed by atoms with Gasteiger partial charge in [-0.25, -0.2) is 0 Å². The van der Waals surface area contributed by atoms with Gasteiger partial charge in [-0.3, -0.25) is 0 Å². The third-order valence-corrected chi connectivity index (χ3v) is 3.71. The molecule has 0 aromatic heterocycles. The molecule has 0 bridgehead atoms. The summed E-state index contributed by atoms with van der Waals surface area (Å²) in [6, 6.07) is 16.5. The maximum Gasteiger partial charge on any atom is 0.119 e. The highest BCUT2D eigenvalue weighted by atomic mass is 35.5. The van der Waals surface area contributed by atoms with Crippen molar-refractivity contribution in [3.63, 3.8) is 0 Å². The maximum atomic E-state index is 6.58. The molecule has 100 valence electrons. The van der Waals surface area contributed by atoms with Crippen LogP contribution in [0.3, 0.4) is 0 Å². The van der Waals surface area contributed by atoms with Crippen molar-refractivity contribution in [3.05, 3.63) is 65.2 Å². The number of alkyl halides is 1. The number of ether oxygens (including phenoxy) is 1. The third-order valence-electron chi connectivity index (χ3n) is 3.32. The number of aryl methyl sites for hydroxylation is 1. The summed E-state index contributed by atoms with van der Waals surface area (Å²) in [5.41, 5.74) is 3.75. The summed E-state index contributed by atoms with van der Waals surface area (Å²) in [7, 11) is 1.68. The second-order valence-electron chi connectivity index (χ2n) is 4.58. The van der Waals surface area contributed by atoms with Crippen LogP contribution < -0.4 is 4.74 Å². The van der Waals surface area contributed by atoms with Crippen molar-refractivity contribution in [2.75, 3.05) is 7.11 Å². The van der Waals surface area contributed by atoms with E-state index in [0.717, 1.165) is 18.6 Å². The predicted molar refractivity (Wildman–Crippen MR) is 81.1 cm³/mol. The number of hydrogen-bond acceptors (Lipinski definition) is 1. The quantitative estimate of drug-likeness (QED) is 0.713. The van der Waals surface area contributed by atoms with E-state index < -0.39 is 0 Å². The Morgan fingerprint density at radius 2 is 1.89 bits per heavy atom. The molecule has 0 aliphatic rings. The highest BCUT2D eigenvalue weighted by Gasteiger charge is 2.12. The lowest BCUT2D eigenvalue weighted by Crippen LogP contribution is -2.00. The Morgan fingerprint density at radius 1 is 1.11 bits per heavy atom. The first-order valence-corrected chi connectivity index (χ1v) is 7.03. The molecule has 19 heavy (non-hydrogen) atoms. The summed E-state index contributed by atoms with van der Waals surface area (Å²) in [6.07, 6.45) is 1.83. The fourth-order valence-electron chi connectivity index (χ4n) is 2.28. The van der Waals surface area contributed by atoms with Crippen LogP contribution in [0.1, 0.15) is 29.0 Å². The van der Waals surface area contributed by atoms with Crippen LogP contribution in [0, 0.1) is 0 Å². The Hall–Kier alpha value is -1.47. The standard InChI is InChI=1S/C17H19ClO/c1-3-14-8-4-5-10-16(14)17(18)12-13-7-6-9-15(11-13)19-2/h4-11,17H,3,12H2,1-2H3. The molecule has 0 saturated carbocycles. The molecular formula is C17H19ClO. The van der Waals surface area contributed by atoms with Gasteiger partial charge in [-0.1, -0.05) is 43.3 Å². The third kappa shape index (κ3) is 3.51. The average Bonchev–Trinajstić information content (AvgIpc) is 2.47. The number of rotatable bonds is 5. The lowest BCUT2D eigenvalue weighted by molar-refractivity contribution is 0.414. The summed E-state index contributed by atoms with van der Waals surface area (Å²) >= 11 is 6.58. The molecule has 2 aromatic carbocycles. The second kappa shape index (κ2) is 6.63. The number of benzene rings is 2. The first kappa shape index (κ1) is 14.0. The molecule has 0 aliphatic carbocycles. The van der Waals surface area contributed by atoms with Crippen molar-refractivity contribution in [2.45, 2.75) is 25.1 Å². The first-order chi connectivity index (χ1) is 9.24. The zero-order valence-corrected chi connectivity index (χ0v) is 12.2. The molecule has 0 heterocycles. The molecule has 0 fully saturated rings. The van der Waals surface area contributed by atoms with E-state index in [4.69, 9.17) is 16.3 Å². The molecule has 0 aliphatic heterocycles. The summed E-state index contributed by atoms with van der Waals surface area (Å²) < 4.78 is 5.24. The van der Waals surface area contributed by atoms with Crippen LogP contribution in [0.2, 0.25) is 0 Å². The van der Waals surface area contributed by atoms with Crippen LogP contribution in [0.15, 0.2) is 48.5 Å². The normalized spacial score (nSPS) is 12.2. The van der Waals surface area contributed by atoms with Crippen LogP contribution in [-0.2, 0) is 12.8 Å². The van der Waals surface area contributed by atoms with Gasteiger partial charge in [0, 0.05) is 0 Å². The van der Waals surface area contributed by atoms with Gasteiger partial charge in [0.2, 0.25) is 0 Å². The zero-order valence-electron chi connectivity index (χ0n) is 11.4. The second-order valence-corrected chi connectivity index (χ2v) is 5.10. The number of halogens is 1. The number of hydrogen-bond donors (Lipinski definition) is 0. The Morgan fingerprint density at radius 3 is 2.63 bits per heavy atom. The summed E-state index contributed by atoms with van der Waals surface area (Å²) in [6.45, 7) is 2.16. The van der Waals surface area contributed by atoms with Crippen molar-refractivity contribution in [2.24, 2.45) is 0 Å². The molecule has 0 N–H and O–H groups in total. The van der Waals surface area contributed by atoms with Gasteiger partial charge in [-0.15, -0.1) is 11.6 Å². The monoisotopic (exact) mass is 274 g/mol. The fourth-order valence-corrected chi connectivity index (χ4v) is 2.67. The maximum absolute atomic E-state index is 6.58. The van der Waals surface area contributed by atoms with Crippen LogP contribution in [-0.4, -0.2) is 7.11 Å². The smallest absolute Gasteiger partial charge is 0.119 e. The lowest BCUT2D eigenvalue weighted by atomic mass is 9.98. The molecule has 2 heteroatoms. The molecule has 0 radical (unpaired) electrons. The SMILES string of the molecule is CCc1ccccc1C(Cl)Cc1cccc(OC)c1. The minimum atomic E-state index is 0.00301. The Bertz CT molecular complexity index is 536. The largest absolute Gasteiger partial charge is 0.497 e. The van der Waals surface area contributed by atoms with Gasteiger partial charge in [0.25, 0.3) is 0 Å². The van der Waals surface area contributed by atoms with E-state index in [2.05, 4.69) is 37.3 Å². The summed E-state index contributed by atoms with van der Waals surface area (Å²) in [4.78, 5) is 0. The van der Waals surface area contributed by atoms with Crippen molar-refractivity contribution in [1.29, 1.82) is 0 Å². The van der Waals surface area contributed by atoms with E-state index >= 15 is 0 Å². The van der Waals surface area contributed by atoms with Crippen LogP contribution in [0.4, 0.5) is 0 Å². The van der Waals surface area contributed by atoms with E-state index in [9.17, 15) is 0 Å².